The molecular formula is C17H22N4O7. The molecule has 0 fully saturated rings. The van der Waals surface area contributed by atoms with Crippen LogP contribution in [0.25, 0.3) is 10.9 Å². The normalized spacial score (nSPS) is 12.3. The maximum atomic E-state index is 10.6. The van der Waals surface area contributed by atoms with Crippen molar-refractivity contribution in [3.05, 3.63) is 36.0 Å². The second-order valence-electron chi connectivity index (χ2n) is 5.84. The van der Waals surface area contributed by atoms with Gasteiger partial charge >= 0.3 is 23.9 Å². The van der Waals surface area contributed by atoms with Crippen LogP contribution in [0, 0.1) is 0 Å². The molecule has 0 aliphatic heterocycles. The molecule has 2 unspecified atom stereocenters. The Morgan fingerprint density at radius 3 is 2.25 bits per heavy atom. The van der Waals surface area contributed by atoms with Crippen LogP contribution < -0.4 is 16.8 Å². The molecule has 0 aliphatic rings. The summed E-state index contributed by atoms with van der Waals surface area (Å²) in [6, 6.07) is 4.68. The number of aromatic nitrogens is 1. The third-order valence-electron chi connectivity index (χ3n) is 3.69. The van der Waals surface area contributed by atoms with Gasteiger partial charge in [0.15, 0.2) is 0 Å². The summed E-state index contributed by atoms with van der Waals surface area (Å²) in [6.45, 7) is 0. The molecule has 1 aromatic heterocycles. The minimum absolute atomic E-state index is 0.187. The zero-order valence-electron chi connectivity index (χ0n) is 14.8. The lowest BCUT2D eigenvalue weighted by atomic mass is 10.1. The minimum Gasteiger partial charge on any atom is -0.481 e. The van der Waals surface area contributed by atoms with Gasteiger partial charge in [-0.2, -0.15) is 0 Å². The van der Waals surface area contributed by atoms with Gasteiger partial charge in [-0.25, -0.2) is 9.59 Å². The minimum atomic E-state index is -1.31. The maximum absolute atomic E-state index is 10.6. The highest BCUT2D eigenvalue weighted by Crippen LogP contribution is 2.18. The van der Waals surface area contributed by atoms with Crippen LogP contribution in [-0.2, 0) is 20.8 Å². The van der Waals surface area contributed by atoms with Crippen molar-refractivity contribution < 1.29 is 34.5 Å². The van der Waals surface area contributed by atoms with Crippen LogP contribution in [-0.4, -0.2) is 56.3 Å². The number of carbonyl (C=O) groups excluding carboxylic acids is 1. The monoisotopic (exact) mass is 394 g/mol. The van der Waals surface area contributed by atoms with E-state index < -0.39 is 36.0 Å². The molecule has 152 valence electrons. The Bertz CT molecular complexity index is 849. The molecule has 0 aliphatic carbocycles. The lowest BCUT2D eigenvalue weighted by Crippen LogP contribution is -2.43. The summed E-state index contributed by atoms with van der Waals surface area (Å²) in [5.41, 5.74) is 12.1. The molecule has 0 spiro atoms. The van der Waals surface area contributed by atoms with Crippen molar-refractivity contribution >= 4 is 34.8 Å². The quantitative estimate of drug-likeness (QED) is 0.325. The van der Waals surface area contributed by atoms with Crippen LogP contribution in [0.2, 0.25) is 0 Å². The molecule has 2 amide bonds. The zero-order valence-corrected chi connectivity index (χ0v) is 14.8. The van der Waals surface area contributed by atoms with Crippen LogP contribution in [0.4, 0.5) is 4.79 Å². The zero-order chi connectivity index (χ0) is 21.3. The molecule has 0 saturated heterocycles. The largest absolute Gasteiger partial charge is 0.481 e. The SMILES string of the molecule is NC(=O)NC(CCC(=O)O)C(=O)O.NC(Cc1c[nH]c2ccccc12)C(=O)O. The molecule has 9 N–H and O–H groups in total. The highest BCUT2D eigenvalue weighted by Gasteiger charge is 2.19. The van der Waals surface area contributed by atoms with E-state index in [4.69, 9.17) is 21.1 Å². The van der Waals surface area contributed by atoms with Crippen LogP contribution in [0.1, 0.15) is 18.4 Å². The van der Waals surface area contributed by atoms with Gasteiger partial charge < -0.3 is 37.1 Å². The Morgan fingerprint density at radius 1 is 1.07 bits per heavy atom. The van der Waals surface area contributed by atoms with Gasteiger partial charge in [0.2, 0.25) is 0 Å². The van der Waals surface area contributed by atoms with E-state index in [-0.39, 0.29) is 12.8 Å². The fraction of sp³-hybridized carbons (Fsp3) is 0.294. The number of rotatable bonds is 8. The summed E-state index contributed by atoms with van der Waals surface area (Å²) < 4.78 is 0. The molecule has 1 aromatic carbocycles. The van der Waals surface area contributed by atoms with E-state index >= 15 is 0 Å². The average Bonchev–Trinajstić information content (AvgIpc) is 3.01. The van der Waals surface area contributed by atoms with Gasteiger partial charge in [-0.3, -0.25) is 9.59 Å². The fourth-order valence-electron chi connectivity index (χ4n) is 2.32. The first-order valence-electron chi connectivity index (χ1n) is 8.15. The number of H-pyrrole nitrogens is 1. The Hall–Kier alpha value is -3.60. The number of carboxylic acids is 3. The smallest absolute Gasteiger partial charge is 0.326 e. The van der Waals surface area contributed by atoms with E-state index in [0.717, 1.165) is 16.5 Å². The van der Waals surface area contributed by atoms with Gasteiger partial charge in [-0.05, 0) is 18.1 Å². The van der Waals surface area contributed by atoms with Crippen molar-refractivity contribution in [2.45, 2.75) is 31.3 Å². The van der Waals surface area contributed by atoms with Gasteiger partial charge in [0.1, 0.15) is 12.1 Å². The van der Waals surface area contributed by atoms with Gasteiger partial charge in [0.25, 0.3) is 0 Å². The molecule has 11 nitrogen and oxygen atoms in total. The average molecular weight is 394 g/mol. The van der Waals surface area contributed by atoms with Crippen LogP contribution in [0.3, 0.4) is 0 Å². The topological polar surface area (TPSA) is 209 Å². The van der Waals surface area contributed by atoms with Crippen molar-refractivity contribution in [1.82, 2.24) is 10.3 Å². The summed E-state index contributed by atoms with van der Waals surface area (Å²) >= 11 is 0. The fourth-order valence-corrected chi connectivity index (χ4v) is 2.32. The number of primary amides is 1. The first-order chi connectivity index (χ1) is 13.1. The number of hydrogen-bond acceptors (Lipinski definition) is 5. The van der Waals surface area contributed by atoms with E-state index in [1.807, 2.05) is 35.8 Å². The highest BCUT2D eigenvalue weighted by molar-refractivity contribution is 5.84. The molecule has 0 saturated carbocycles. The number of nitrogens with two attached hydrogens (primary N) is 2. The number of carbonyl (C=O) groups is 4. The number of fused-ring (bicyclic) bond motifs is 1. The number of aliphatic carboxylic acids is 3. The Kier molecular flexibility index (Phi) is 8.44. The van der Waals surface area contributed by atoms with Crippen LogP contribution >= 0.6 is 0 Å². The molecule has 1 heterocycles. The summed E-state index contributed by atoms with van der Waals surface area (Å²) in [4.78, 5) is 44.4. The summed E-state index contributed by atoms with van der Waals surface area (Å²) in [5.74, 6) is -3.40. The van der Waals surface area contributed by atoms with Crippen molar-refractivity contribution in [3.8, 4) is 0 Å². The number of urea groups is 1. The summed E-state index contributed by atoms with van der Waals surface area (Å²) in [6.07, 6.45) is 1.64. The first-order valence-corrected chi connectivity index (χ1v) is 8.15. The molecular weight excluding hydrogens is 372 g/mol. The van der Waals surface area contributed by atoms with Crippen molar-refractivity contribution in [1.29, 1.82) is 0 Å². The molecule has 0 radical (unpaired) electrons. The Morgan fingerprint density at radius 2 is 1.71 bits per heavy atom. The van der Waals surface area contributed by atoms with E-state index in [2.05, 4.69) is 10.7 Å². The summed E-state index contributed by atoms with van der Waals surface area (Å²) in [5, 5.41) is 28.4. The second kappa shape index (κ2) is 10.5. The van der Waals surface area contributed by atoms with E-state index in [0.29, 0.717) is 6.42 Å². The lowest BCUT2D eigenvalue weighted by Gasteiger charge is -2.10. The third kappa shape index (κ3) is 7.33. The molecule has 2 aromatic rings. The molecule has 11 heteroatoms. The number of carboxylic acid groups (broad SMARTS) is 3. The van der Waals surface area contributed by atoms with Crippen molar-refractivity contribution in [2.24, 2.45) is 11.5 Å². The number of nitrogens with one attached hydrogen (secondary N) is 2. The first kappa shape index (κ1) is 22.4. The maximum Gasteiger partial charge on any atom is 0.326 e. The van der Waals surface area contributed by atoms with E-state index in [1.165, 1.54) is 0 Å². The molecule has 0 bridgehead atoms. The Balaban J connectivity index is 0.000000284. The number of para-hydroxylation sites is 1. The number of amides is 2. The van der Waals surface area contributed by atoms with Crippen molar-refractivity contribution in [2.75, 3.05) is 0 Å². The number of aromatic amines is 1. The number of benzene rings is 1. The summed E-state index contributed by atoms with van der Waals surface area (Å²) in [7, 11) is 0. The predicted molar refractivity (Wildman–Crippen MR) is 98.6 cm³/mol. The van der Waals surface area contributed by atoms with Crippen molar-refractivity contribution in [3.63, 3.8) is 0 Å². The third-order valence-corrected chi connectivity index (χ3v) is 3.69. The molecule has 2 atom stereocenters. The Labute approximate surface area is 159 Å². The standard InChI is InChI=1S/C11H12N2O2.C6H10N2O5/c12-9(11(14)15)5-7-6-13-10-4-2-1-3-8(7)10;7-6(13)8-3(5(11)12)1-2-4(9)10/h1-4,6,9,13H,5,12H2,(H,14,15);3H,1-2H2,(H,9,10)(H,11,12)(H3,7,8,13). The van der Waals surface area contributed by atoms with Gasteiger partial charge in [-0.1, -0.05) is 18.2 Å². The van der Waals surface area contributed by atoms with Gasteiger partial charge in [0, 0.05) is 29.9 Å². The second-order valence-corrected chi connectivity index (χ2v) is 5.84. The van der Waals surface area contributed by atoms with E-state index in [1.54, 1.807) is 0 Å². The van der Waals surface area contributed by atoms with Crippen LogP contribution in [0.5, 0.6) is 0 Å². The van der Waals surface area contributed by atoms with Gasteiger partial charge in [-0.15, -0.1) is 0 Å². The predicted octanol–water partition coefficient (Wildman–Crippen LogP) is 0.0950. The highest BCUT2D eigenvalue weighted by atomic mass is 16.4. The molecule has 2 rings (SSSR count). The molecule has 28 heavy (non-hydrogen) atoms. The van der Waals surface area contributed by atoms with Gasteiger partial charge in [0.05, 0.1) is 0 Å². The lowest BCUT2D eigenvalue weighted by molar-refractivity contribution is -0.141. The van der Waals surface area contributed by atoms with Crippen LogP contribution in [0.15, 0.2) is 30.5 Å². The number of hydrogen-bond donors (Lipinski definition) is 7. The van der Waals surface area contributed by atoms with E-state index in [9.17, 15) is 19.2 Å².